The van der Waals surface area contributed by atoms with Crippen LogP contribution in [0.1, 0.15) is 27.7 Å². The van der Waals surface area contributed by atoms with Crippen LogP contribution in [-0.4, -0.2) is 44.3 Å². The predicted octanol–water partition coefficient (Wildman–Crippen LogP) is 3.72. The molecule has 28 heavy (non-hydrogen) atoms. The molecule has 0 atom stereocenters. The zero-order valence-electron chi connectivity index (χ0n) is 16.2. The predicted molar refractivity (Wildman–Crippen MR) is 105 cm³/mol. The molecule has 0 aromatic heterocycles. The van der Waals surface area contributed by atoms with Gasteiger partial charge in [0.05, 0.1) is 0 Å². The molecular weight excluding hydrogens is 368 g/mol. The van der Waals surface area contributed by atoms with Gasteiger partial charge in [-0.1, -0.05) is 60.7 Å². The van der Waals surface area contributed by atoms with Gasteiger partial charge in [-0.25, -0.2) is 0 Å². The second-order valence-electron chi connectivity index (χ2n) is 4.81. The summed E-state index contributed by atoms with van der Waals surface area (Å²) in [6.45, 7) is 4.33. The standard InChI is InChI=1S/C12H10.4C2H4O2/c1-3-7-11(8-4-1)12-9-5-2-6-10-12;4*1-2(3)4/h1-10H;4*1H3,(H,3,4). The molecule has 8 nitrogen and oxygen atoms in total. The van der Waals surface area contributed by atoms with Crippen LogP contribution < -0.4 is 0 Å². The summed E-state index contributed by atoms with van der Waals surface area (Å²) in [7, 11) is 0. The molecule has 0 saturated heterocycles. The van der Waals surface area contributed by atoms with Crippen LogP contribution in [0.25, 0.3) is 11.1 Å². The van der Waals surface area contributed by atoms with Crippen molar-refractivity contribution in [3.05, 3.63) is 60.7 Å². The summed E-state index contributed by atoms with van der Waals surface area (Å²) in [5.74, 6) is -3.33. The third kappa shape index (κ3) is 38.1. The number of aliphatic carboxylic acids is 4. The van der Waals surface area contributed by atoms with Crippen LogP contribution in [0.2, 0.25) is 0 Å². The molecular formula is C20H26O8. The first-order valence-electron chi connectivity index (χ1n) is 7.78. The maximum Gasteiger partial charge on any atom is 0.300 e. The van der Waals surface area contributed by atoms with Gasteiger partial charge in [0.25, 0.3) is 23.9 Å². The molecule has 2 aromatic rings. The molecule has 8 heteroatoms. The van der Waals surface area contributed by atoms with Gasteiger partial charge in [-0.05, 0) is 11.1 Å². The van der Waals surface area contributed by atoms with Crippen LogP contribution in [0.4, 0.5) is 0 Å². The van der Waals surface area contributed by atoms with E-state index in [9.17, 15) is 0 Å². The summed E-state index contributed by atoms with van der Waals surface area (Å²) < 4.78 is 0. The van der Waals surface area contributed by atoms with Gasteiger partial charge in [0, 0.05) is 27.7 Å². The van der Waals surface area contributed by atoms with E-state index in [1.807, 2.05) is 12.1 Å². The third-order valence-corrected chi connectivity index (χ3v) is 1.88. The van der Waals surface area contributed by atoms with E-state index in [0.717, 1.165) is 27.7 Å². The van der Waals surface area contributed by atoms with Crippen LogP contribution in [0.15, 0.2) is 60.7 Å². The van der Waals surface area contributed by atoms with Gasteiger partial charge in [-0.2, -0.15) is 0 Å². The second kappa shape index (κ2) is 19.6. The molecule has 0 aliphatic heterocycles. The summed E-state index contributed by atoms with van der Waals surface area (Å²) >= 11 is 0. The van der Waals surface area contributed by atoms with Crippen molar-refractivity contribution in [2.24, 2.45) is 0 Å². The van der Waals surface area contributed by atoms with Crippen LogP contribution in [0, 0.1) is 0 Å². The highest BCUT2D eigenvalue weighted by Crippen LogP contribution is 2.17. The van der Waals surface area contributed by atoms with Crippen molar-refractivity contribution in [1.82, 2.24) is 0 Å². The highest BCUT2D eigenvalue weighted by Gasteiger charge is 1.91. The lowest BCUT2D eigenvalue weighted by atomic mass is 10.1. The minimum Gasteiger partial charge on any atom is -0.481 e. The Bertz CT molecular complexity index is 580. The highest BCUT2D eigenvalue weighted by atomic mass is 16.4. The number of carboxylic acids is 4. The molecule has 2 aromatic carbocycles. The van der Waals surface area contributed by atoms with E-state index < -0.39 is 23.9 Å². The third-order valence-electron chi connectivity index (χ3n) is 1.88. The van der Waals surface area contributed by atoms with Crippen molar-refractivity contribution in [1.29, 1.82) is 0 Å². The Balaban J connectivity index is -0.000000328. The lowest BCUT2D eigenvalue weighted by Crippen LogP contribution is -1.78. The van der Waals surface area contributed by atoms with E-state index in [0.29, 0.717) is 0 Å². The Labute approximate surface area is 163 Å². The summed E-state index contributed by atoms with van der Waals surface area (Å²) in [6, 6.07) is 20.8. The molecule has 0 unspecified atom stereocenters. The quantitative estimate of drug-likeness (QED) is 0.572. The van der Waals surface area contributed by atoms with Crippen LogP contribution >= 0.6 is 0 Å². The second-order valence-corrected chi connectivity index (χ2v) is 4.81. The van der Waals surface area contributed by atoms with Crippen molar-refractivity contribution in [3.8, 4) is 11.1 Å². The van der Waals surface area contributed by atoms with Crippen molar-refractivity contribution >= 4 is 23.9 Å². The number of benzene rings is 2. The minimum absolute atomic E-state index is 0.833. The average Bonchev–Trinajstić information content (AvgIpc) is 2.54. The van der Waals surface area contributed by atoms with E-state index in [1.165, 1.54) is 11.1 Å². The summed E-state index contributed by atoms with van der Waals surface area (Å²) in [4.78, 5) is 36.0. The SMILES string of the molecule is CC(=O)O.CC(=O)O.CC(=O)O.CC(=O)O.c1ccc(-c2ccccc2)cc1. The normalized spacial score (nSPS) is 7.71. The fourth-order valence-electron chi connectivity index (χ4n) is 1.26. The molecule has 154 valence electrons. The fraction of sp³-hybridized carbons (Fsp3) is 0.200. The molecule has 2 rings (SSSR count). The Morgan fingerprint density at radius 1 is 0.464 bits per heavy atom. The number of rotatable bonds is 1. The number of hydrogen-bond acceptors (Lipinski definition) is 4. The Morgan fingerprint density at radius 3 is 0.750 bits per heavy atom. The Kier molecular flexibility index (Phi) is 20.4. The summed E-state index contributed by atoms with van der Waals surface area (Å²) in [5.41, 5.74) is 2.55. The van der Waals surface area contributed by atoms with Crippen molar-refractivity contribution in [2.75, 3.05) is 0 Å². The number of carboxylic acid groups (broad SMARTS) is 4. The zero-order chi connectivity index (χ0) is 22.5. The van der Waals surface area contributed by atoms with E-state index >= 15 is 0 Å². The van der Waals surface area contributed by atoms with Gasteiger partial charge < -0.3 is 20.4 Å². The van der Waals surface area contributed by atoms with Crippen LogP contribution in [0.3, 0.4) is 0 Å². The topological polar surface area (TPSA) is 149 Å². The lowest BCUT2D eigenvalue weighted by molar-refractivity contribution is -0.135. The maximum absolute atomic E-state index is 9.00. The largest absolute Gasteiger partial charge is 0.481 e. The Hall–Kier alpha value is -3.68. The van der Waals surface area contributed by atoms with Crippen LogP contribution in [-0.2, 0) is 19.2 Å². The van der Waals surface area contributed by atoms with Gasteiger partial charge >= 0.3 is 0 Å². The van der Waals surface area contributed by atoms with Gasteiger partial charge in [-0.3, -0.25) is 19.2 Å². The van der Waals surface area contributed by atoms with Crippen LogP contribution in [0.5, 0.6) is 0 Å². The fourth-order valence-corrected chi connectivity index (χ4v) is 1.26. The van der Waals surface area contributed by atoms with E-state index in [4.69, 9.17) is 39.6 Å². The first kappa shape index (κ1) is 29.1. The average molecular weight is 394 g/mol. The molecule has 0 radical (unpaired) electrons. The molecule has 0 spiro atoms. The molecule has 0 saturated carbocycles. The smallest absolute Gasteiger partial charge is 0.300 e. The highest BCUT2D eigenvalue weighted by molar-refractivity contribution is 5.64. The van der Waals surface area contributed by atoms with Gasteiger partial charge in [0.2, 0.25) is 0 Å². The van der Waals surface area contributed by atoms with Gasteiger partial charge in [-0.15, -0.1) is 0 Å². The van der Waals surface area contributed by atoms with E-state index in [-0.39, 0.29) is 0 Å². The Morgan fingerprint density at radius 2 is 0.607 bits per heavy atom. The maximum atomic E-state index is 9.00. The molecule has 0 bridgehead atoms. The van der Waals surface area contributed by atoms with E-state index in [2.05, 4.69) is 48.5 Å². The van der Waals surface area contributed by atoms with Gasteiger partial charge in [0.1, 0.15) is 0 Å². The monoisotopic (exact) mass is 394 g/mol. The van der Waals surface area contributed by atoms with Gasteiger partial charge in [0.15, 0.2) is 0 Å². The molecule has 0 heterocycles. The first-order chi connectivity index (χ1) is 12.9. The minimum atomic E-state index is -0.833. The zero-order valence-corrected chi connectivity index (χ0v) is 16.2. The molecule has 4 N–H and O–H groups in total. The lowest BCUT2D eigenvalue weighted by Gasteiger charge is -1.98. The summed E-state index contributed by atoms with van der Waals surface area (Å²) in [6.07, 6.45) is 0. The van der Waals surface area contributed by atoms with Crippen molar-refractivity contribution < 1.29 is 39.6 Å². The number of hydrogen-bond donors (Lipinski definition) is 4. The first-order valence-corrected chi connectivity index (χ1v) is 7.78. The molecule has 0 amide bonds. The molecule has 0 fully saturated rings. The van der Waals surface area contributed by atoms with E-state index in [1.54, 1.807) is 0 Å². The molecule has 0 aliphatic carbocycles. The molecule has 0 aliphatic rings. The van der Waals surface area contributed by atoms with Crippen molar-refractivity contribution in [3.63, 3.8) is 0 Å². The van der Waals surface area contributed by atoms with Crippen molar-refractivity contribution in [2.45, 2.75) is 27.7 Å². The summed E-state index contributed by atoms with van der Waals surface area (Å²) in [5, 5.41) is 29.7. The number of carbonyl (C=O) groups is 4.